The maximum Gasteiger partial charge on any atom is 0.305 e. The average molecular weight is 293 g/mol. The molecule has 0 aliphatic heterocycles. The number of hydrogen-bond acceptors (Lipinski definition) is 4. The fraction of sp³-hybridized carbons (Fsp3) is 0.500. The molecule has 0 atom stereocenters. The zero-order valence-corrected chi connectivity index (χ0v) is 12.9. The Hall–Kier alpha value is -2.04. The molecule has 0 radical (unpaired) electrons. The first kappa shape index (κ1) is 17.0. The van der Waals surface area contributed by atoms with Crippen molar-refractivity contribution < 1.29 is 19.1 Å². The summed E-state index contributed by atoms with van der Waals surface area (Å²) in [5, 5.41) is 0. The number of nitrogens with zero attached hydrogens (tertiary/aromatic N) is 1. The third-order valence-electron chi connectivity index (χ3n) is 3.33. The summed E-state index contributed by atoms with van der Waals surface area (Å²) in [7, 11) is 4.74. The molecule has 0 aliphatic carbocycles. The second-order valence-corrected chi connectivity index (χ2v) is 4.81. The standard InChI is InChI=1S/C16H23NO4/c1-17(12-6-9-16(19)21-3)15(18)11-10-13-7-4-5-8-14(13)20-2/h4-5,7-8H,6,9-12H2,1-3H3. The van der Waals surface area contributed by atoms with Gasteiger partial charge in [0.25, 0.3) is 0 Å². The van der Waals surface area contributed by atoms with E-state index in [1.165, 1.54) is 7.11 Å². The van der Waals surface area contributed by atoms with Crippen molar-refractivity contribution in [1.29, 1.82) is 0 Å². The van der Waals surface area contributed by atoms with E-state index in [4.69, 9.17) is 4.74 Å². The molecule has 1 aromatic carbocycles. The number of aryl methyl sites for hydroxylation is 1. The topological polar surface area (TPSA) is 55.8 Å². The largest absolute Gasteiger partial charge is 0.496 e. The number of carbonyl (C=O) groups is 2. The molecule has 116 valence electrons. The SMILES string of the molecule is COC(=O)CCCN(C)C(=O)CCc1ccccc1OC. The second-order valence-electron chi connectivity index (χ2n) is 4.81. The van der Waals surface area contributed by atoms with Crippen LogP contribution in [0.1, 0.15) is 24.8 Å². The highest BCUT2D eigenvalue weighted by molar-refractivity contribution is 5.76. The van der Waals surface area contributed by atoms with E-state index >= 15 is 0 Å². The number of amides is 1. The Bertz CT molecular complexity index is 473. The number of ether oxygens (including phenoxy) is 2. The van der Waals surface area contributed by atoms with E-state index in [0.29, 0.717) is 32.2 Å². The van der Waals surface area contributed by atoms with Crippen molar-refractivity contribution in [3.63, 3.8) is 0 Å². The molecular weight excluding hydrogens is 270 g/mol. The Morgan fingerprint density at radius 2 is 1.86 bits per heavy atom. The molecule has 0 saturated carbocycles. The minimum atomic E-state index is -0.245. The molecule has 0 N–H and O–H groups in total. The van der Waals surface area contributed by atoms with Crippen LogP contribution in [0.15, 0.2) is 24.3 Å². The van der Waals surface area contributed by atoms with E-state index in [2.05, 4.69) is 4.74 Å². The highest BCUT2D eigenvalue weighted by atomic mass is 16.5. The van der Waals surface area contributed by atoms with E-state index in [1.807, 2.05) is 24.3 Å². The van der Waals surface area contributed by atoms with Gasteiger partial charge in [-0.3, -0.25) is 9.59 Å². The lowest BCUT2D eigenvalue weighted by Crippen LogP contribution is -2.28. The molecule has 0 saturated heterocycles. The van der Waals surface area contributed by atoms with Crippen LogP contribution in [-0.4, -0.2) is 44.6 Å². The molecule has 21 heavy (non-hydrogen) atoms. The molecule has 5 nitrogen and oxygen atoms in total. The van der Waals surface area contributed by atoms with Gasteiger partial charge in [0.1, 0.15) is 5.75 Å². The van der Waals surface area contributed by atoms with Gasteiger partial charge in [0.2, 0.25) is 5.91 Å². The van der Waals surface area contributed by atoms with Gasteiger partial charge in [0, 0.05) is 26.4 Å². The van der Waals surface area contributed by atoms with Gasteiger partial charge in [-0.1, -0.05) is 18.2 Å². The maximum absolute atomic E-state index is 12.0. The van der Waals surface area contributed by atoms with Gasteiger partial charge >= 0.3 is 5.97 Å². The maximum atomic E-state index is 12.0. The van der Waals surface area contributed by atoms with Gasteiger partial charge in [0.15, 0.2) is 0 Å². The van der Waals surface area contributed by atoms with Crippen LogP contribution in [0.5, 0.6) is 5.75 Å². The van der Waals surface area contributed by atoms with Crippen molar-refractivity contribution in [2.75, 3.05) is 27.8 Å². The molecule has 0 fully saturated rings. The van der Waals surface area contributed by atoms with Crippen LogP contribution in [0.2, 0.25) is 0 Å². The molecule has 0 bridgehead atoms. The molecule has 0 heterocycles. The van der Waals surface area contributed by atoms with Gasteiger partial charge in [-0.2, -0.15) is 0 Å². The highest BCUT2D eigenvalue weighted by Crippen LogP contribution is 2.19. The summed E-state index contributed by atoms with van der Waals surface area (Å²) in [5.74, 6) is 0.620. The van der Waals surface area contributed by atoms with Crippen LogP contribution in [0.25, 0.3) is 0 Å². The van der Waals surface area contributed by atoms with Crippen LogP contribution in [0.3, 0.4) is 0 Å². The molecule has 0 spiro atoms. The quantitative estimate of drug-likeness (QED) is 0.688. The minimum Gasteiger partial charge on any atom is -0.496 e. The first-order valence-electron chi connectivity index (χ1n) is 7.01. The Balaban J connectivity index is 2.37. The summed E-state index contributed by atoms with van der Waals surface area (Å²) in [6, 6.07) is 7.69. The van der Waals surface area contributed by atoms with E-state index in [-0.39, 0.29) is 11.9 Å². The average Bonchev–Trinajstić information content (AvgIpc) is 2.52. The minimum absolute atomic E-state index is 0.0609. The lowest BCUT2D eigenvalue weighted by atomic mass is 10.1. The van der Waals surface area contributed by atoms with E-state index in [1.54, 1.807) is 19.1 Å². The monoisotopic (exact) mass is 293 g/mol. The Labute approximate surface area is 125 Å². The molecular formula is C16H23NO4. The van der Waals surface area contributed by atoms with E-state index in [9.17, 15) is 9.59 Å². The van der Waals surface area contributed by atoms with E-state index in [0.717, 1.165) is 11.3 Å². The van der Waals surface area contributed by atoms with Crippen LogP contribution in [0.4, 0.5) is 0 Å². The number of rotatable bonds is 8. The summed E-state index contributed by atoms with van der Waals surface area (Å²) < 4.78 is 9.83. The molecule has 1 rings (SSSR count). The van der Waals surface area contributed by atoms with Crippen LogP contribution < -0.4 is 4.74 Å². The summed E-state index contributed by atoms with van der Waals surface area (Å²) in [6.45, 7) is 0.555. The smallest absolute Gasteiger partial charge is 0.305 e. The van der Waals surface area contributed by atoms with Crippen LogP contribution in [0, 0.1) is 0 Å². The lowest BCUT2D eigenvalue weighted by Gasteiger charge is -2.17. The Kier molecular flexibility index (Phi) is 7.29. The third-order valence-corrected chi connectivity index (χ3v) is 3.33. The number of esters is 1. The van der Waals surface area contributed by atoms with Crippen LogP contribution >= 0.6 is 0 Å². The fourth-order valence-electron chi connectivity index (χ4n) is 2.03. The Morgan fingerprint density at radius 1 is 1.14 bits per heavy atom. The van der Waals surface area contributed by atoms with Crippen molar-refractivity contribution in [3.8, 4) is 5.75 Å². The summed E-state index contributed by atoms with van der Waals surface area (Å²) >= 11 is 0. The highest BCUT2D eigenvalue weighted by Gasteiger charge is 2.11. The number of hydrogen-bond donors (Lipinski definition) is 0. The zero-order valence-electron chi connectivity index (χ0n) is 12.9. The van der Waals surface area contributed by atoms with Gasteiger partial charge in [-0.15, -0.1) is 0 Å². The number of carbonyl (C=O) groups excluding carboxylic acids is 2. The van der Waals surface area contributed by atoms with Gasteiger partial charge in [-0.05, 0) is 24.5 Å². The van der Waals surface area contributed by atoms with Crippen LogP contribution in [-0.2, 0) is 20.7 Å². The molecule has 1 amide bonds. The first-order valence-corrected chi connectivity index (χ1v) is 7.01. The lowest BCUT2D eigenvalue weighted by molar-refractivity contribution is -0.141. The zero-order chi connectivity index (χ0) is 15.7. The van der Waals surface area contributed by atoms with Gasteiger partial charge in [0.05, 0.1) is 14.2 Å². The van der Waals surface area contributed by atoms with Crippen molar-refractivity contribution >= 4 is 11.9 Å². The number of para-hydroxylation sites is 1. The van der Waals surface area contributed by atoms with E-state index < -0.39 is 0 Å². The van der Waals surface area contributed by atoms with Gasteiger partial charge in [-0.25, -0.2) is 0 Å². The fourth-order valence-corrected chi connectivity index (χ4v) is 2.03. The predicted octanol–water partition coefficient (Wildman–Crippen LogP) is 2.04. The first-order chi connectivity index (χ1) is 10.1. The van der Waals surface area contributed by atoms with Crippen molar-refractivity contribution in [2.24, 2.45) is 0 Å². The van der Waals surface area contributed by atoms with Crippen molar-refractivity contribution in [1.82, 2.24) is 4.90 Å². The molecule has 5 heteroatoms. The number of benzene rings is 1. The molecule has 0 aliphatic rings. The third kappa shape index (κ3) is 5.85. The second kappa shape index (κ2) is 9.00. The summed E-state index contributed by atoms with van der Waals surface area (Å²) in [6.07, 6.45) is 2.02. The summed E-state index contributed by atoms with van der Waals surface area (Å²) in [4.78, 5) is 24.7. The predicted molar refractivity (Wildman–Crippen MR) is 80.2 cm³/mol. The molecule has 1 aromatic rings. The number of methoxy groups -OCH3 is 2. The normalized spacial score (nSPS) is 10.0. The molecule has 0 unspecified atom stereocenters. The Morgan fingerprint density at radius 3 is 2.52 bits per heavy atom. The van der Waals surface area contributed by atoms with Gasteiger partial charge < -0.3 is 14.4 Å². The van der Waals surface area contributed by atoms with Crippen molar-refractivity contribution in [2.45, 2.75) is 25.7 Å². The van der Waals surface area contributed by atoms with Crippen molar-refractivity contribution in [3.05, 3.63) is 29.8 Å². The molecule has 0 aromatic heterocycles. The summed E-state index contributed by atoms with van der Waals surface area (Å²) in [5.41, 5.74) is 1.02.